The second-order valence-electron chi connectivity index (χ2n) is 6.92. The number of hydrogen-bond donors (Lipinski definition) is 2. The van der Waals surface area contributed by atoms with Crippen LogP contribution in [0, 0.1) is 11.8 Å². The number of aliphatic hydroxyl groups excluding tert-OH is 2. The fraction of sp³-hybridized carbons (Fsp3) is 0.550. The Morgan fingerprint density at radius 1 is 1.52 bits per heavy atom. The summed E-state index contributed by atoms with van der Waals surface area (Å²) in [6, 6.07) is 0. The highest BCUT2D eigenvalue weighted by Crippen LogP contribution is 2.36. The van der Waals surface area contributed by atoms with Gasteiger partial charge in [-0.05, 0) is 30.9 Å². The van der Waals surface area contributed by atoms with Gasteiger partial charge in [0.1, 0.15) is 24.6 Å². The molecule has 0 aromatic rings. The molecule has 1 aliphatic carbocycles. The lowest BCUT2D eigenvalue weighted by Gasteiger charge is -2.31. The van der Waals surface area contributed by atoms with Crippen molar-refractivity contribution in [2.24, 2.45) is 11.8 Å². The molecule has 148 valence electrons. The number of allylic oxidation sites excluding steroid dienone is 1. The molecule has 0 radical (unpaired) electrons. The molecule has 0 amide bonds. The van der Waals surface area contributed by atoms with Crippen molar-refractivity contribution < 1.29 is 34.1 Å². The molecule has 2 N–H and O–H groups in total. The summed E-state index contributed by atoms with van der Waals surface area (Å²) < 4.78 is 10.9. The van der Waals surface area contributed by atoms with Crippen molar-refractivity contribution in [3.63, 3.8) is 0 Å². The van der Waals surface area contributed by atoms with E-state index >= 15 is 0 Å². The zero-order valence-electron chi connectivity index (χ0n) is 15.6. The Balaban J connectivity index is 2.50. The Kier molecular flexibility index (Phi) is 7.10. The summed E-state index contributed by atoms with van der Waals surface area (Å²) >= 11 is 0. The molecule has 7 heteroatoms. The monoisotopic (exact) mass is 378 g/mol. The second kappa shape index (κ2) is 9.10. The first-order valence-corrected chi connectivity index (χ1v) is 9.08. The standard InChI is InChI=1S/C20H26O7/c1-4-11(2)19(24)27-18-16-12(3)20(25)26-15(16)8-13(9-21)6-5-7-14(10-22)17(18)23/h7-8,10-11,15-18,21,23H,3-6,9H2,1-2H3/b13-8+,14-7-/t11-,15-,16+,17+,18-/m1/s1. The van der Waals surface area contributed by atoms with E-state index in [0.29, 0.717) is 31.1 Å². The Morgan fingerprint density at radius 2 is 2.22 bits per heavy atom. The third-order valence-electron chi connectivity index (χ3n) is 5.12. The van der Waals surface area contributed by atoms with Crippen LogP contribution in [0.15, 0.2) is 35.5 Å². The van der Waals surface area contributed by atoms with Gasteiger partial charge in [-0.2, -0.15) is 0 Å². The van der Waals surface area contributed by atoms with Crippen molar-refractivity contribution in [1.29, 1.82) is 0 Å². The molecule has 1 saturated heterocycles. The molecule has 7 nitrogen and oxygen atoms in total. The first-order valence-electron chi connectivity index (χ1n) is 9.08. The highest BCUT2D eigenvalue weighted by molar-refractivity contribution is 5.91. The maximum atomic E-state index is 12.4. The van der Waals surface area contributed by atoms with Crippen LogP contribution in [0.4, 0.5) is 0 Å². The molecule has 0 aromatic carbocycles. The number of rotatable bonds is 5. The molecule has 0 spiro atoms. The molecule has 0 unspecified atom stereocenters. The summed E-state index contributed by atoms with van der Waals surface area (Å²) in [6.45, 7) is 7.01. The number of aldehydes is 1. The van der Waals surface area contributed by atoms with E-state index in [1.807, 2.05) is 6.92 Å². The topological polar surface area (TPSA) is 110 Å². The number of ether oxygens (including phenoxy) is 2. The number of fused-ring (bicyclic) bond motifs is 1. The van der Waals surface area contributed by atoms with Gasteiger partial charge in [0.15, 0.2) is 0 Å². The molecule has 1 fully saturated rings. The summed E-state index contributed by atoms with van der Waals surface area (Å²) in [5.41, 5.74) is 0.736. The first kappa shape index (κ1) is 21.1. The van der Waals surface area contributed by atoms with Crippen molar-refractivity contribution in [3.8, 4) is 0 Å². The summed E-state index contributed by atoms with van der Waals surface area (Å²) in [4.78, 5) is 36.0. The van der Waals surface area contributed by atoms with Gasteiger partial charge < -0.3 is 19.7 Å². The fourth-order valence-corrected chi connectivity index (χ4v) is 3.18. The van der Waals surface area contributed by atoms with Gasteiger partial charge in [-0.25, -0.2) is 4.79 Å². The van der Waals surface area contributed by atoms with Crippen molar-refractivity contribution in [2.75, 3.05) is 6.61 Å². The Hall–Kier alpha value is -2.25. The summed E-state index contributed by atoms with van der Waals surface area (Å²) in [5, 5.41) is 20.3. The van der Waals surface area contributed by atoms with Crippen molar-refractivity contribution in [3.05, 3.63) is 35.5 Å². The van der Waals surface area contributed by atoms with Gasteiger partial charge in [-0.3, -0.25) is 9.59 Å². The van der Waals surface area contributed by atoms with E-state index < -0.39 is 42.1 Å². The van der Waals surface area contributed by atoms with Crippen LogP contribution >= 0.6 is 0 Å². The van der Waals surface area contributed by atoms with Crippen LogP contribution < -0.4 is 0 Å². The van der Waals surface area contributed by atoms with E-state index in [0.717, 1.165) is 0 Å². The van der Waals surface area contributed by atoms with Gasteiger partial charge in [0, 0.05) is 11.1 Å². The molecule has 0 bridgehead atoms. The maximum Gasteiger partial charge on any atom is 0.334 e. The van der Waals surface area contributed by atoms with Crippen LogP contribution in [-0.4, -0.2) is 53.4 Å². The van der Waals surface area contributed by atoms with Gasteiger partial charge in [0.2, 0.25) is 0 Å². The van der Waals surface area contributed by atoms with Gasteiger partial charge in [-0.15, -0.1) is 0 Å². The van der Waals surface area contributed by atoms with Gasteiger partial charge in [0.25, 0.3) is 0 Å². The zero-order chi connectivity index (χ0) is 20.1. The highest BCUT2D eigenvalue weighted by Gasteiger charge is 2.48. The quantitative estimate of drug-likeness (QED) is 0.320. The van der Waals surface area contributed by atoms with Gasteiger partial charge in [-0.1, -0.05) is 26.5 Å². The average molecular weight is 378 g/mol. The predicted molar refractivity (Wildman–Crippen MR) is 96.4 cm³/mol. The summed E-state index contributed by atoms with van der Waals surface area (Å²) in [5.74, 6) is -2.47. The van der Waals surface area contributed by atoms with E-state index in [9.17, 15) is 24.6 Å². The molecule has 5 atom stereocenters. The SMILES string of the molecule is C=C1C(=O)O[C@@H]2/C=C(/CO)CC/C=C(/C=O)[C@H](O)[C@H](OC(=O)[C@H](C)CC)[C@@H]12. The van der Waals surface area contributed by atoms with Crippen molar-refractivity contribution >= 4 is 18.2 Å². The normalized spacial score (nSPS) is 33.6. The maximum absolute atomic E-state index is 12.4. The Morgan fingerprint density at radius 3 is 2.81 bits per heavy atom. The molecule has 2 aliphatic rings. The van der Waals surface area contributed by atoms with Crippen LogP contribution in [0.1, 0.15) is 33.1 Å². The zero-order valence-corrected chi connectivity index (χ0v) is 15.6. The minimum absolute atomic E-state index is 0.0559. The lowest BCUT2D eigenvalue weighted by atomic mass is 9.83. The van der Waals surface area contributed by atoms with E-state index in [2.05, 4.69) is 6.58 Å². The van der Waals surface area contributed by atoms with Crippen molar-refractivity contribution in [2.45, 2.75) is 51.4 Å². The molecular formula is C20H26O7. The number of hydrogen-bond acceptors (Lipinski definition) is 7. The molecule has 1 heterocycles. The molecule has 0 saturated carbocycles. The minimum atomic E-state index is -1.42. The lowest BCUT2D eigenvalue weighted by molar-refractivity contribution is -0.162. The first-order chi connectivity index (χ1) is 12.8. The van der Waals surface area contributed by atoms with E-state index in [-0.39, 0.29) is 17.8 Å². The molecule has 27 heavy (non-hydrogen) atoms. The highest BCUT2D eigenvalue weighted by atomic mass is 16.6. The summed E-state index contributed by atoms with van der Waals surface area (Å²) in [6.07, 6.45) is 1.57. The van der Waals surface area contributed by atoms with Crippen LogP contribution in [0.25, 0.3) is 0 Å². The fourth-order valence-electron chi connectivity index (χ4n) is 3.18. The number of esters is 2. The summed E-state index contributed by atoms with van der Waals surface area (Å²) in [7, 11) is 0. The molecule has 1 aliphatic heterocycles. The van der Waals surface area contributed by atoms with Gasteiger partial charge in [0.05, 0.1) is 18.4 Å². The third-order valence-corrected chi connectivity index (χ3v) is 5.12. The number of aliphatic hydroxyl groups is 2. The van der Waals surface area contributed by atoms with E-state index in [1.165, 1.54) is 0 Å². The largest absolute Gasteiger partial charge is 0.458 e. The smallest absolute Gasteiger partial charge is 0.334 e. The van der Waals surface area contributed by atoms with Crippen molar-refractivity contribution in [1.82, 2.24) is 0 Å². The molecule has 2 rings (SSSR count). The van der Waals surface area contributed by atoms with Crippen LogP contribution in [0.3, 0.4) is 0 Å². The minimum Gasteiger partial charge on any atom is -0.458 e. The predicted octanol–water partition coefficient (Wildman–Crippen LogP) is 1.24. The average Bonchev–Trinajstić information content (AvgIpc) is 2.94. The molecule has 0 aromatic heterocycles. The van der Waals surface area contributed by atoms with Gasteiger partial charge >= 0.3 is 11.9 Å². The lowest BCUT2D eigenvalue weighted by Crippen LogP contribution is -2.43. The second-order valence-corrected chi connectivity index (χ2v) is 6.92. The van der Waals surface area contributed by atoms with E-state index in [1.54, 1.807) is 19.1 Å². The van der Waals surface area contributed by atoms with E-state index in [4.69, 9.17) is 9.47 Å². The number of carbonyl (C=O) groups excluding carboxylic acids is 3. The van der Waals surface area contributed by atoms with Crippen LogP contribution in [0.5, 0.6) is 0 Å². The number of carbonyl (C=O) groups is 3. The third kappa shape index (κ3) is 4.54. The van der Waals surface area contributed by atoms with Crippen LogP contribution in [-0.2, 0) is 23.9 Å². The molecular weight excluding hydrogens is 352 g/mol. The Bertz CT molecular complexity index is 676. The Labute approximate surface area is 158 Å². The van der Waals surface area contributed by atoms with Crippen LogP contribution in [0.2, 0.25) is 0 Å².